The van der Waals surface area contributed by atoms with Gasteiger partial charge in [-0.3, -0.25) is 4.68 Å². The van der Waals surface area contributed by atoms with Crippen molar-refractivity contribution >= 4 is 0 Å². The zero-order valence-electron chi connectivity index (χ0n) is 13.9. The Morgan fingerprint density at radius 2 is 2.10 bits per heavy atom. The molecule has 0 aliphatic rings. The van der Waals surface area contributed by atoms with Crippen molar-refractivity contribution in [1.82, 2.24) is 15.1 Å². The molecule has 0 aliphatic carbocycles. The van der Waals surface area contributed by atoms with Gasteiger partial charge in [0.15, 0.2) is 0 Å². The van der Waals surface area contributed by atoms with Crippen molar-refractivity contribution in [3.05, 3.63) is 40.6 Å². The minimum atomic E-state index is 0.656. The Labute approximate surface area is 127 Å². The van der Waals surface area contributed by atoms with Crippen molar-refractivity contribution in [3.63, 3.8) is 0 Å². The van der Waals surface area contributed by atoms with E-state index in [2.05, 4.69) is 55.8 Å². The Morgan fingerprint density at radius 3 is 2.71 bits per heavy atom. The maximum atomic E-state index is 5.66. The highest BCUT2D eigenvalue weighted by atomic mass is 16.3. The second-order valence-electron chi connectivity index (χ2n) is 6.05. The average molecular weight is 289 g/mol. The molecule has 0 amide bonds. The lowest BCUT2D eigenvalue weighted by atomic mass is 10.1. The van der Waals surface area contributed by atoms with E-state index in [1.807, 2.05) is 0 Å². The summed E-state index contributed by atoms with van der Waals surface area (Å²) in [5, 5.41) is 8.11. The molecule has 4 nitrogen and oxygen atoms in total. The molecule has 0 saturated heterocycles. The number of furan rings is 1. The summed E-state index contributed by atoms with van der Waals surface area (Å²) in [6, 6.07) is 2.05. The smallest absolute Gasteiger partial charge is 0.129 e. The molecule has 2 aromatic heterocycles. The summed E-state index contributed by atoms with van der Waals surface area (Å²) in [4.78, 5) is 0. The van der Waals surface area contributed by atoms with Crippen molar-refractivity contribution < 1.29 is 4.42 Å². The van der Waals surface area contributed by atoms with Gasteiger partial charge in [0.05, 0.1) is 18.5 Å². The molecule has 0 fully saturated rings. The van der Waals surface area contributed by atoms with E-state index in [1.54, 1.807) is 6.26 Å². The molecule has 0 aromatic carbocycles. The fraction of sp³-hybridized carbons (Fsp3) is 0.588. The molecule has 0 atom stereocenters. The lowest BCUT2D eigenvalue weighted by Gasteiger charge is -2.08. The first-order valence-corrected chi connectivity index (χ1v) is 7.81. The number of rotatable bonds is 7. The molecule has 0 aliphatic heterocycles. The van der Waals surface area contributed by atoms with Gasteiger partial charge in [-0.15, -0.1) is 0 Å². The van der Waals surface area contributed by atoms with E-state index in [-0.39, 0.29) is 0 Å². The highest BCUT2D eigenvalue weighted by molar-refractivity contribution is 5.25. The Balaban J connectivity index is 2.08. The van der Waals surface area contributed by atoms with Gasteiger partial charge in [0.25, 0.3) is 0 Å². The summed E-state index contributed by atoms with van der Waals surface area (Å²) < 4.78 is 7.72. The van der Waals surface area contributed by atoms with Gasteiger partial charge in [-0.1, -0.05) is 20.8 Å². The van der Waals surface area contributed by atoms with Gasteiger partial charge in [0.2, 0.25) is 0 Å². The van der Waals surface area contributed by atoms with Crippen LogP contribution in [-0.4, -0.2) is 16.3 Å². The molecule has 0 radical (unpaired) electrons. The summed E-state index contributed by atoms with van der Waals surface area (Å²) >= 11 is 0. The van der Waals surface area contributed by atoms with Crippen LogP contribution in [0.3, 0.4) is 0 Å². The first-order valence-electron chi connectivity index (χ1n) is 7.81. The van der Waals surface area contributed by atoms with E-state index in [4.69, 9.17) is 4.42 Å². The largest absolute Gasteiger partial charge is 0.467 e. The molecule has 0 spiro atoms. The van der Waals surface area contributed by atoms with Crippen LogP contribution in [0.1, 0.15) is 49.0 Å². The monoisotopic (exact) mass is 289 g/mol. The second kappa shape index (κ2) is 6.94. The SMILES string of the molecule is CCc1c(C)nn(Cc2occc2CNCC(C)C)c1C. The maximum Gasteiger partial charge on any atom is 0.129 e. The number of nitrogens with zero attached hydrogens (tertiary/aromatic N) is 2. The average Bonchev–Trinajstić information content (AvgIpc) is 2.95. The molecule has 21 heavy (non-hydrogen) atoms. The number of hydrogen-bond acceptors (Lipinski definition) is 3. The minimum absolute atomic E-state index is 0.656. The van der Waals surface area contributed by atoms with Crippen LogP contribution >= 0.6 is 0 Å². The normalized spacial score (nSPS) is 11.5. The summed E-state index contributed by atoms with van der Waals surface area (Å²) in [6.45, 7) is 13.4. The van der Waals surface area contributed by atoms with Crippen molar-refractivity contribution in [2.45, 2.75) is 54.1 Å². The van der Waals surface area contributed by atoms with E-state index in [1.165, 1.54) is 16.8 Å². The summed E-state index contributed by atoms with van der Waals surface area (Å²) in [7, 11) is 0. The predicted molar refractivity (Wildman–Crippen MR) is 85.4 cm³/mol. The third-order valence-corrected chi connectivity index (χ3v) is 3.88. The Morgan fingerprint density at radius 1 is 1.33 bits per heavy atom. The topological polar surface area (TPSA) is 43.0 Å². The van der Waals surface area contributed by atoms with Crippen LogP contribution in [0.25, 0.3) is 0 Å². The quantitative estimate of drug-likeness (QED) is 0.849. The number of hydrogen-bond donors (Lipinski definition) is 1. The Hall–Kier alpha value is -1.55. The molecule has 0 unspecified atom stereocenters. The van der Waals surface area contributed by atoms with Crippen LogP contribution < -0.4 is 5.32 Å². The molecule has 0 bridgehead atoms. The minimum Gasteiger partial charge on any atom is -0.467 e. The van der Waals surface area contributed by atoms with E-state index in [9.17, 15) is 0 Å². The fourth-order valence-corrected chi connectivity index (χ4v) is 2.69. The zero-order chi connectivity index (χ0) is 15.4. The third kappa shape index (κ3) is 3.76. The zero-order valence-corrected chi connectivity index (χ0v) is 13.9. The van der Waals surface area contributed by atoms with Gasteiger partial charge in [-0.2, -0.15) is 5.10 Å². The van der Waals surface area contributed by atoms with Crippen molar-refractivity contribution in [2.75, 3.05) is 6.54 Å². The van der Waals surface area contributed by atoms with E-state index >= 15 is 0 Å². The van der Waals surface area contributed by atoms with Crippen molar-refractivity contribution in [2.24, 2.45) is 5.92 Å². The van der Waals surface area contributed by atoms with Gasteiger partial charge in [0.1, 0.15) is 5.76 Å². The number of aromatic nitrogens is 2. The lowest BCUT2D eigenvalue weighted by molar-refractivity contribution is 0.465. The molecule has 4 heteroatoms. The molecule has 1 N–H and O–H groups in total. The van der Waals surface area contributed by atoms with E-state index < -0.39 is 0 Å². The first kappa shape index (κ1) is 15.8. The molecule has 116 valence electrons. The van der Waals surface area contributed by atoms with Crippen LogP contribution in [0.5, 0.6) is 0 Å². The number of nitrogens with one attached hydrogen (secondary N) is 1. The molecular formula is C17H27N3O. The molecular weight excluding hydrogens is 262 g/mol. The van der Waals surface area contributed by atoms with Crippen LogP contribution in [0.2, 0.25) is 0 Å². The molecule has 2 aromatic rings. The van der Waals surface area contributed by atoms with Crippen molar-refractivity contribution in [1.29, 1.82) is 0 Å². The Bertz CT molecular complexity index is 581. The summed E-state index contributed by atoms with van der Waals surface area (Å²) in [6.07, 6.45) is 2.80. The van der Waals surface area contributed by atoms with Crippen LogP contribution in [0.4, 0.5) is 0 Å². The van der Waals surface area contributed by atoms with Crippen molar-refractivity contribution in [3.8, 4) is 0 Å². The second-order valence-corrected chi connectivity index (χ2v) is 6.05. The summed E-state index contributed by atoms with van der Waals surface area (Å²) in [5.74, 6) is 1.66. The van der Waals surface area contributed by atoms with E-state index in [0.717, 1.165) is 31.0 Å². The standard InChI is InChI=1S/C17H27N3O/c1-6-16-13(4)19-20(14(16)5)11-17-15(7-8-21-17)10-18-9-12(2)3/h7-8,12,18H,6,9-11H2,1-5H3. The fourth-order valence-electron chi connectivity index (χ4n) is 2.69. The van der Waals surface area contributed by atoms with Gasteiger partial charge < -0.3 is 9.73 Å². The predicted octanol–water partition coefficient (Wildman–Crippen LogP) is 3.45. The van der Waals surface area contributed by atoms with Crippen LogP contribution in [0.15, 0.2) is 16.7 Å². The number of aryl methyl sites for hydroxylation is 1. The van der Waals surface area contributed by atoms with Crippen LogP contribution in [0, 0.1) is 19.8 Å². The Kier molecular flexibility index (Phi) is 5.23. The van der Waals surface area contributed by atoms with E-state index in [0.29, 0.717) is 12.5 Å². The molecule has 2 rings (SSSR count). The summed E-state index contributed by atoms with van der Waals surface area (Å²) in [5.41, 5.74) is 4.94. The van der Waals surface area contributed by atoms with Gasteiger partial charge in [0, 0.05) is 17.8 Å². The van der Waals surface area contributed by atoms with Gasteiger partial charge >= 0.3 is 0 Å². The third-order valence-electron chi connectivity index (χ3n) is 3.88. The molecule has 0 saturated carbocycles. The lowest BCUT2D eigenvalue weighted by Crippen LogP contribution is -2.19. The van der Waals surface area contributed by atoms with Crippen LogP contribution in [-0.2, 0) is 19.5 Å². The van der Waals surface area contributed by atoms with Gasteiger partial charge in [-0.05, 0) is 44.4 Å². The first-order chi connectivity index (χ1) is 10.0. The highest BCUT2D eigenvalue weighted by Crippen LogP contribution is 2.17. The molecule has 2 heterocycles. The highest BCUT2D eigenvalue weighted by Gasteiger charge is 2.13. The van der Waals surface area contributed by atoms with Gasteiger partial charge in [-0.25, -0.2) is 0 Å². The maximum absolute atomic E-state index is 5.66.